The van der Waals surface area contributed by atoms with Gasteiger partial charge in [-0.3, -0.25) is 0 Å². The summed E-state index contributed by atoms with van der Waals surface area (Å²) in [6.07, 6.45) is 0. The number of aryl methyl sites for hydroxylation is 1. The first-order chi connectivity index (χ1) is 13.6. The molecule has 2 N–H and O–H groups in total. The van der Waals surface area contributed by atoms with Crippen molar-refractivity contribution in [3.63, 3.8) is 0 Å². The molecule has 1 aliphatic rings. The van der Waals surface area contributed by atoms with Crippen LogP contribution in [0.2, 0.25) is 5.02 Å². The van der Waals surface area contributed by atoms with Gasteiger partial charge in [0, 0.05) is 16.1 Å². The van der Waals surface area contributed by atoms with Crippen LogP contribution in [0.4, 0.5) is 0 Å². The lowest BCUT2D eigenvalue weighted by Crippen LogP contribution is -3.27. The number of benzene rings is 2. The fourth-order valence-corrected chi connectivity index (χ4v) is 3.95. The summed E-state index contributed by atoms with van der Waals surface area (Å²) in [5.41, 5.74) is 3.54. The van der Waals surface area contributed by atoms with Crippen LogP contribution in [0.15, 0.2) is 52.9 Å². The summed E-state index contributed by atoms with van der Waals surface area (Å²) >= 11 is 5.98. The van der Waals surface area contributed by atoms with Gasteiger partial charge in [0.25, 0.3) is 5.89 Å². The van der Waals surface area contributed by atoms with Gasteiger partial charge in [-0.1, -0.05) is 41.4 Å². The van der Waals surface area contributed by atoms with Crippen LogP contribution in [0.1, 0.15) is 30.0 Å². The maximum Gasteiger partial charge on any atom is 0.274 e. The number of nitrogens with zero attached hydrogens (tertiary/aromatic N) is 2. The molecule has 146 valence electrons. The van der Waals surface area contributed by atoms with E-state index in [1.54, 1.807) is 4.90 Å². The number of halogens is 1. The third-order valence-electron chi connectivity index (χ3n) is 5.69. The number of hydrogen-bond acceptors (Lipinski definition) is 3. The molecule has 0 bridgehead atoms. The third-order valence-corrected chi connectivity index (χ3v) is 5.94. The van der Waals surface area contributed by atoms with Crippen molar-refractivity contribution >= 4 is 11.6 Å². The van der Waals surface area contributed by atoms with Crippen LogP contribution in [0.3, 0.4) is 0 Å². The van der Waals surface area contributed by atoms with E-state index in [4.69, 9.17) is 16.0 Å². The molecule has 3 aromatic rings. The van der Waals surface area contributed by atoms with Crippen LogP contribution in [-0.2, 0) is 6.54 Å². The van der Waals surface area contributed by atoms with Crippen LogP contribution in [0.5, 0.6) is 0 Å². The topological polar surface area (TPSA) is 47.8 Å². The molecular weight excluding hydrogens is 372 g/mol. The van der Waals surface area contributed by atoms with Crippen LogP contribution < -0.4 is 9.80 Å². The van der Waals surface area contributed by atoms with Crippen molar-refractivity contribution in [2.75, 3.05) is 26.2 Å². The monoisotopic (exact) mass is 398 g/mol. The molecule has 6 heteroatoms. The van der Waals surface area contributed by atoms with E-state index in [-0.39, 0.29) is 6.04 Å². The first-order valence-corrected chi connectivity index (χ1v) is 10.3. The van der Waals surface area contributed by atoms with Gasteiger partial charge in [0.2, 0.25) is 5.89 Å². The molecule has 28 heavy (non-hydrogen) atoms. The lowest BCUT2D eigenvalue weighted by atomic mass is 10.1. The maximum atomic E-state index is 6.00. The average molecular weight is 399 g/mol. The number of piperazine rings is 1. The second-order valence-electron chi connectivity index (χ2n) is 7.74. The number of hydrogen-bond donors (Lipinski definition) is 2. The Morgan fingerprint density at radius 2 is 1.64 bits per heavy atom. The fraction of sp³-hybridized carbons (Fsp3) is 0.364. The van der Waals surface area contributed by atoms with E-state index in [2.05, 4.69) is 48.3 Å². The van der Waals surface area contributed by atoms with E-state index in [1.807, 2.05) is 24.3 Å². The summed E-state index contributed by atoms with van der Waals surface area (Å²) in [5, 5.41) is 9.39. The van der Waals surface area contributed by atoms with E-state index in [0.717, 1.165) is 49.2 Å². The molecule has 1 saturated heterocycles. The zero-order valence-corrected chi connectivity index (χ0v) is 17.2. The van der Waals surface area contributed by atoms with E-state index in [0.29, 0.717) is 5.89 Å². The number of aromatic nitrogens is 2. The predicted octanol–water partition coefficient (Wildman–Crippen LogP) is 1.74. The number of quaternary nitrogens is 2. The Labute approximate surface area is 170 Å². The number of rotatable bonds is 5. The molecule has 1 fully saturated rings. The molecule has 1 aromatic heterocycles. The van der Waals surface area contributed by atoms with Crippen molar-refractivity contribution < 1.29 is 14.2 Å². The quantitative estimate of drug-likeness (QED) is 0.688. The summed E-state index contributed by atoms with van der Waals surface area (Å²) in [6.45, 7) is 9.80. The zero-order valence-electron chi connectivity index (χ0n) is 16.4. The van der Waals surface area contributed by atoms with Crippen molar-refractivity contribution in [2.24, 2.45) is 0 Å². The Hall–Kier alpha value is -2.21. The largest absolute Gasteiger partial charge is 0.415 e. The fourth-order valence-electron chi connectivity index (χ4n) is 3.82. The molecule has 2 heterocycles. The van der Waals surface area contributed by atoms with E-state index >= 15 is 0 Å². The van der Waals surface area contributed by atoms with Crippen LogP contribution in [0, 0.1) is 6.92 Å². The lowest BCUT2D eigenvalue weighted by molar-refractivity contribution is -1.03. The first kappa shape index (κ1) is 19.1. The van der Waals surface area contributed by atoms with Gasteiger partial charge in [-0.25, -0.2) is 0 Å². The highest BCUT2D eigenvalue weighted by atomic mass is 35.5. The highest BCUT2D eigenvalue weighted by Crippen LogP contribution is 2.20. The molecule has 5 nitrogen and oxygen atoms in total. The smallest absolute Gasteiger partial charge is 0.274 e. The first-order valence-electron chi connectivity index (χ1n) is 9.91. The standard InChI is InChI=1S/C22H25ClN4O/c1-16-3-7-19(8-4-16)22-25-24-21(28-22)17(2)27-13-11-26(12-14-27)15-18-5-9-20(23)10-6-18/h3-10,17H,11-15H2,1-2H3/p+2/t17-/m1/s1. The van der Waals surface area contributed by atoms with Gasteiger partial charge in [-0.15, -0.1) is 10.2 Å². The summed E-state index contributed by atoms with van der Waals surface area (Å²) in [6, 6.07) is 16.6. The molecule has 1 atom stereocenters. The predicted molar refractivity (Wildman–Crippen MR) is 109 cm³/mol. The normalized spacial score (nSPS) is 20.8. The molecule has 0 saturated carbocycles. The van der Waals surface area contributed by atoms with Crippen molar-refractivity contribution in [3.05, 3.63) is 70.6 Å². The average Bonchev–Trinajstić information content (AvgIpc) is 3.20. The Kier molecular flexibility index (Phi) is 5.76. The molecule has 0 radical (unpaired) electrons. The van der Waals surface area contributed by atoms with E-state index in [9.17, 15) is 0 Å². The Balaban J connectivity index is 1.34. The van der Waals surface area contributed by atoms with Crippen LogP contribution in [-0.4, -0.2) is 36.4 Å². The summed E-state index contributed by atoms with van der Waals surface area (Å²) < 4.78 is 6.00. The van der Waals surface area contributed by atoms with Crippen molar-refractivity contribution in [1.82, 2.24) is 10.2 Å². The minimum Gasteiger partial charge on any atom is -0.415 e. The third kappa shape index (κ3) is 4.43. The summed E-state index contributed by atoms with van der Waals surface area (Å²) in [5.74, 6) is 1.33. The lowest BCUT2D eigenvalue weighted by Gasteiger charge is -2.32. The van der Waals surface area contributed by atoms with Gasteiger partial charge in [0.05, 0.1) is 0 Å². The summed E-state index contributed by atoms with van der Waals surface area (Å²) in [7, 11) is 0. The van der Waals surface area contributed by atoms with Gasteiger partial charge in [0.1, 0.15) is 32.7 Å². The minimum atomic E-state index is 0.212. The molecule has 0 aliphatic carbocycles. The number of nitrogens with one attached hydrogen (secondary N) is 2. The van der Waals surface area contributed by atoms with Crippen LogP contribution >= 0.6 is 11.6 Å². The Morgan fingerprint density at radius 3 is 2.32 bits per heavy atom. The molecule has 0 unspecified atom stereocenters. The van der Waals surface area contributed by atoms with Gasteiger partial charge in [-0.05, 0) is 38.1 Å². The Morgan fingerprint density at radius 1 is 0.964 bits per heavy atom. The molecule has 0 amide bonds. The SMILES string of the molecule is Cc1ccc(-c2nnc([C@@H](C)[NH+]3CC[NH+](Cc4ccc(Cl)cc4)CC3)o2)cc1. The second-order valence-corrected chi connectivity index (χ2v) is 8.18. The van der Waals surface area contributed by atoms with E-state index < -0.39 is 0 Å². The second kappa shape index (κ2) is 8.43. The van der Waals surface area contributed by atoms with Crippen molar-refractivity contribution in [2.45, 2.75) is 26.4 Å². The van der Waals surface area contributed by atoms with E-state index in [1.165, 1.54) is 16.0 Å². The highest BCUT2D eigenvalue weighted by Gasteiger charge is 2.31. The molecule has 4 rings (SSSR count). The maximum absolute atomic E-state index is 6.00. The van der Waals surface area contributed by atoms with Crippen LogP contribution in [0.25, 0.3) is 11.5 Å². The molecule has 2 aromatic carbocycles. The van der Waals surface area contributed by atoms with Gasteiger partial charge >= 0.3 is 0 Å². The highest BCUT2D eigenvalue weighted by molar-refractivity contribution is 6.30. The molecular formula is C22H27ClN4O+2. The zero-order chi connectivity index (χ0) is 19.5. The minimum absolute atomic E-state index is 0.212. The van der Waals surface area contributed by atoms with Gasteiger partial charge in [-0.2, -0.15) is 0 Å². The molecule has 1 aliphatic heterocycles. The van der Waals surface area contributed by atoms with Gasteiger partial charge < -0.3 is 14.2 Å². The van der Waals surface area contributed by atoms with Crippen molar-refractivity contribution in [1.29, 1.82) is 0 Å². The summed E-state index contributed by atoms with van der Waals surface area (Å²) in [4.78, 5) is 3.13. The molecule has 0 spiro atoms. The van der Waals surface area contributed by atoms with Crippen molar-refractivity contribution in [3.8, 4) is 11.5 Å². The van der Waals surface area contributed by atoms with Gasteiger partial charge in [0.15, 0.2) is 6.04 Å². The Bertz CT molecular complexity index is 899.